The first-order chi connectivity index (χ1) is 11.0. The molecule has 6 nitrogen and oxygen atoms in total. The summed E-state index contributed by atoms with van der Waals surface area (Å²) in [6.07, 6.45) is 1.61. The fraction of sp³-hybridized carbons (Fsp3) is 0.438. The van der Waals surface area contributed by atoms with E-state index in [1.807, 2.05) is 12.1 Å². The lowest BCUT2D eigenvalue weighted by molar-refractivity contribution is -0.128. The van der Waals surface area contributed by atoms with Gasteiger partial charge < -0.3 is 14.9 Å². The highest BCUT2D eigenvalue weighted by Crippen LogP contribution is 2.28. The maximum absolute atomic E-state index is 12.5. The Morgan fingerprint density at radius 3 is 2.70 bits per heavy atom. The number of carbonyl (C=O) groups excluding carboxylic acids is 1. The van der Waals surface area contributed by atoms with Gasteiger partial charge in [0, 0.05) is 11.9 Å². The first kappa shape index (κ1) is 16.0. The van der Waals surface area contributed by atoms with E-state index < -0.39 is 18.1 Å². The van der Waals surface area contributed by atoms with Crippen LogP contribution in [0.4, 0.5) is 0 Å². The molecule has 1 aromatic carbocycles. The zero-order chi connectivity index (χ0) is 16.4. The number of rotatable bonds is 4. The number of aliphatic hydroxyl groups excluding tert-OH is 1. The first-order valence-electron chi connectivity index (χ1n) is 7.58. The summed E-state index contributed by atoms with van der Waals surface area (Å²) in [5.74, 6) is 0.218. The van der Waals surface area contributed by atoms with E-state index in [1.165, 1.54) is 0 Å². The van der Waals surface area contributed by atoms with Gasteiger partial charge in [0.25, 0.3) is 0 Å². The van der Waals surface area contributed by atoms with Gasteiger partial charge in [0.2, 0.25) is 11.8 Å². The third kappa shape index (κ3) is 3.54. The predicted octanol–water partition coefficient (Wildman–Crippen LogP) is 2.40. The summed E-state index contributed by atoms with van der Waals surface area (Å²) in [5, 5.41) is 17.4. The van der Waals surface area contributed by atoms with Crippen LogP contribution in [0.1, 0.15) is 42.6 Å². The lowest BCUT2D eigenvalue weighted by atomic mass is 10.0. The highest BCUT2D eigenvalue weighted by atomic mass is 35.5. The second-order valence-corrected chi connectivity index (χ2v) is 6.21. The van der Waals surface area contributed by atoms with Gasteiger partial charge in [-0.2, -0.15) is 4.98 Å². The number of hydrogen-bond donors (Lipinski definition) is 2. The average molecular weight is 336 g/mol. The van der Waals surface area contributed by atoms with E-state index in [9.17, 15) is 9.90 Å². The molecule has 2 N–H and O–H groups in total. The third-order valence-electron chi connectivity index (χ3n) is 4.11. The summed E-state index contributed by atoms with van der Waals surface area (Å²) in [6, 6.07) is 6.57. The SMILES string of the molecule is Cc1nc(C(NC(=O)C2CCCC2O)c2ccc(Cl)cc2)no1. The summed E-state index contributed by atoms with van der Waals surface area (Å²) >= 11 is 5.92. The lowest BCUT2D eigenvalue weighted by Crippen LogP contribution is -2.38. The molecule has 1 fully saturated rings. The van der Waals surface area contributed by atoms with Crippen LogP contribution < -0.4 is 5.32 Å². The molecule has 1 saturated carbocycles. The molecule has 3 unspecified atom stereocenters. The molecule has 1 heterocycles. The average Bonchev–Trinajstić information content (AvgIpc) is 3.14. The smallest absolute Gasteiger partial charge is 0.226 e. The van der Waals surface area contributed by atoms with Crippen LogP contribution in [0.15, 0.2) is 28.8 Å². The molecule has 1 amide bonds. The van der Waals surface area contributed by atoms with Crippen molar-refractivity contribution in [2.45, 2.75) is 38.3 Å². The third-order valence-corrected chi connectivity index (χ3v) is 4.36. The fourth-order valence-electron chi connectivity index (χ4n) is 2.88. The van der Waals surface area contributed by atoms with Gasteiger partial charge in [-0.05, 0) is 37.0 Å². The quantitative estimate of drug-likeness (QED) is 0.895. The molecular formula is C16H18ClN3O3. The van der Waals surface area contributed by atoms with Crippen LogP contribution in [-0.4, -0.2) is 27.3 Å². The van der Waals surface area contributed by atoms with Gasteiger partial charge >= 0.3 is 0 Å². The summed E-state index contributed by atoms with van der Waals surface area (Å²) in [5.41, 5.74) is 0.802. The molecule has 0 saturated heterocycles. The Morgan fingerprint density at radius 2 is 2.13 bits per heavy atom. The van der Waals surface area contributed by atoms with Crippen molar-refractivity contribution in [1.82, 2.24) is 15.5 Å². The Balaban J connectivity index is 1.86. The zero-order valence-electron chi connectivity index (χ0n) is 12.7. The Kier molecular flexibility index (Phi) is 4.63. The molecule has 1 aromatic heterocycles. The molecule has 23 heavy (non-hydrogen) atoms. The van der Waals surface area contributed by atoms with Gasteiger partial charge in [-0.3, -0.25) is 4.79 Å². The van der Waals surface area contributed by atoms with E-state index in [-0.39, 0.29) is 5.91 Å². The predicted molar refractivity (Wildman–Crippen MR) is 83.8 cm³/mol. The van der Waals surface area contributed by atoms with Crippen molar-refractivity contribution >= 4 is 17.5 Å². The second-order valence-electron chi connectivity index (χ2n) is 5.77. The van der Waals surface area contributed by atoms with Gasteiger partial charge in [-0.15, -0.1) is 0 Å². The lowest BCUT2D eigenvalue weighted by Gasteiger charge is -2.20. The molecule has 3 rings (SSSR count). The number of carbonyl (C=O) groups is 1. The van der Waals surface area contributed by atoms with E-state index in [0.717, 1.165) is 12.0 Å². The van der Waals surface area contributed by atoms with Crippen molar-refractivity contribution < 1.29 is 14.4 Å². The van der Waals surface area contributed by atoms with Crippen LogP contribution in [0, 0.1) is 12.8 Å². The Bertz CT molecular complexity index is 686. The Hall–Kier alpha value is -1.92. The number of aliphatic hydroxyl groups is 1. The normalized spacial score (nSPS) is 22.0. The second kappa shape index (κ2) is 6.68. The minimum absolute atomic E-state index is 0.197. The van der Waals surface area contributed by atoms with E-state index in [4.69, 9.17) is 16.1 Å². The topological polar surface area (TPSA) is 88.2 Å². The minimum Gasteiger partial charge on any atom is -0.392 e. The zero-order valence-corrected chi connectivity index (χ0v) is 13.5. The van der Waals surface area contributed by atoms with Crippen molar-refractivity contribution in [2.75, 3.05) is 0 Å². The molecule has 0 bridgehead atoms. The first-order valence-corrected chi connectivity index (χ1v) is 7.96. The maximum Gasteiger partial charge on any atom is 0.226 e. The van der Waals surface area contributed by atoms with Crippen molar-refractivity contribution in [1.29, 1.82) is 0 Å². The summed E-state index contributed by atoms with van der Waals surface area (Å²) in [4.78, 5) is 16.7. The molecule has 0 radical (unpaired) electrons. The van der Waals surface area contributed by atoms with Crippen LogP contribution in [0.5, 0.6) is 0 Å². The number of hydrogen-bond acceptors (Lipinski definition) is 5. The van der Waals surface area contributed by atoms with Crippen molar-refractivity contribution in [2.24, 2.45) is 5.92 Å². The molecule has 3 atom stereocenters. The van der Waals surface area contributed by atoms with Gasteiger partial charge in [0.15, 0.2) is 5.82 Å². The molecule has 1 aliphatic rings. The standard InChI is InChI=1S/C16H18ClN3O3/c1-9-18-15(20-23-9)14(10-5-7-11(17)8-6-10)19-16(22)12-3-2-4-13(12)21/h5-8,12-14,21H,2-4H2,1H3,(H,19,22). The van der Waals surface area contributed by atoms with Gasteiger partial charge in [0.05, 0.1) is 12.0 Å². The van der Waals surface area contributed by atoms with Gasteiger partial charge in [-0.1, -0.05) is 28.9 Å². The number of nitrogens with zero attached hydrogens (tertiary/aromatic N) is 2. The monoisotopic (exact) mass is 335 g/mol. The van der Waals surface area contributed by atoms with Crippen LogP contribution in [0.3, 0.4) is 0 Å². The number of nitrogens with one attached hydrogen (secondary N) is 1. The summed E-state index contributed by atoms with van der Waals surface area (Å²) in [7, 11) is 0. The van der Waals surface area contributed by atoms with Crippen molar-refractivity contribution in [3.05, 3.63) is 46.6 Å². The highest BCUT2D eigenvalue weighted by Gasteiger charge is 2.33. The molecule has 1 aliphatic carbocycles. The van der Waals surface area contributed by atoms with Crippen LogP contribution >= 0.6 is 11.6 Å². The molecule has 122 valence electrons. The number of aryl methyl sites for hydroxylation is 1. The van der Waals surface area contributed by atoms with Crippen molar-refractivity contribution in [3.63, 3.8) is 0 Å². The van der Waals surface area contributed by atoms with E-state index in [0.29, 0.717) is 29.6 Å². The molecular weight excluding hydrogens is 318 g/mol. The summed E-state index contributed by atoms with van der Waals surface area (Å²) < 4.78 is 5.03. The van der Waals surface area contributed by atoms with Crippen LogP contribution in [0.25, 0.3) is 0 Å². The number of aromatic nitrogens is 2. The van der Waals surface area contributed by atoms with Crippen LogP contribution in [0.2, 0.25) is 5.02 Å². The van der Waals surface area contributed by atoms with Crippen LogP contribution in [-0.2, 0) is 4.79 Å². The van der Waals surface area contributed by atoms with Gasteiger partial charge in [-0.25, -0.2) is 0 Å². The number of halogens is 1. The van der Waals surface area contributed by atoms with Gasteiger partial charge in [0.1, 0.15) is 6.04 Å². The molecule has 0 aliphatic heterocycles. The van der Waals surface area contributed by atoms with E-state index >= 15 is 0 Å². The highest BCUT2D eigenvalue weighted by molar-refractivity contribution is 6.30. The maximum atomic E-state index is 12.5. The number of amides is 1. The number of benzene rings is 1. The molecule has 7 heteroatoms. The largest absolute Gasteiger partial charge is 0.392 e. The van der Waals surface area contributed by atoms with Crippen molar-refractivity contribution in [3.8, 4) is 0 Å². The fourth-order valence-corrected chi connectivity index (χ4v) is 3.01. The van der Waals surface area contributed by atoms with E-state index in [1.54, 1.807) is 19.1 Å². The summed E-state index contributed by atoms with van der Waals surface area (Å²) in [6.45, 7) is 1.69. The Morgan fingerprint density at radius 1 is 1.39 bits per heavy atom. The Labute approximate surface area is 138 Å². The minimum atomic E-state index is -0.590. The molecule has 2 aromatic rings. The van der Waals surface area contributed by atoms with E-state index in [2.05, 4.69) is 15.5 Å². The molecule has 0 spiro atoms.